The molecule has 2 saturated heterocycles. The molecule has 7 nitrogen and oxygen atoms in total. The van der Waals surface area contributed by atoms with Crippen LogP contribution in [0.5, 0.6) is 5.75 Å². The molecule has 27 heavy (non-hydrogen) atoms. The summed E-state index contributed by atoms with van der Waals surface area (Å²) in [6.07, 6.45) is 3.51. The minimum absolute atomic E-state index is 0.148. The van der Waals surface area contributed by atoms with E-state index < -0.39 is 0 Å². The highest BCUT2D eigenvalue weighted by Crippen LogP contribution is 2.41. The van der Waals surface area contributed by atoms with Gasteiger partial charge in [0.2, 0.25) is 0 Å². The molecule has 3 aliphatic heterocycles. The van der Waals surface area contributed by atoms with Crippen molar-refractivity contribution in [2.75, 3.05) is 26.8 Å². The van der Waals surface area contributed by atoms with Crippen LogP contribution < -0.4 is 4.74 Å². The first-order valence-electron chi connectivity index (χ1n) is 9.74. The zero-order valence-corrected chi connectivity index (χ0v) is 15.5. The number of amides is 1. The average molecular weight is 368 g/mol. The van der Waals surface area contributed by atoms with Gasteiger partial charge in [0.15, 0.2) is 5.82 Å². The number of likely N-dealkylation sites (tertiary alicyclic amines) is 1. The molecule has 0 spiro atoms. The molecule has 0 aliphatic carbocycles. The molecule has 0 N–H and O–H groups in total. The Labute approximate surface area is 158 Å². The molecule has 0 saturated carbocycles. The maximum atomic E-state index is 12.8. The number of carbonyl (C=O) groups is 1. The molecule has 142 valence electrons. The lowest BCUT2D eigenvalue weighted by molar-refractivity contribution is -0.140. The summed E-state index contributed by atoms with van der Waals surface area (Å²) in [6.45, 7) is 2.20. The molecule has 0 bridgehead atoms. The molecular weight excluding hydrogens is 344 g/mol. The highest BCUT2D eigenvalue weighted by Gasteiger charge is 2.43. The molecule has 1 amide bonds. The van der Waals surface area contributed by atoms with Crippen molar-refractivity contribution in [1.29, 1.82) is 0 Å². The van der Waals surface area contributed by atoms with Crippen molar-refractivity contribution in [3.05, 3.63) is 30.1 Å². The molecule has 2 aromatic rings. The van der Waals surface area contributed by atoms with Gasteiger partial charge in [-0.05, 0) is 37.3 Å². The molecule has 2 fully saturated rings. The van der Waals surface area contributed by atoms with Gasteiger partial charge in [-0.3, -0.25) is 4.79 Å². The molecular formula is C20H24N4O3. The number of hydrogen-bond acceptors (Lipinski definition) is 5. The van der Waals surface area contributed by atoms with E-state index in [9.17, 15) is 4.79 Å². The van der Waals surface area contributed by atoms with Crippen molar-refractivity contribution in [2.45, 2.75) is 37.8 Å². The Morgan fingerprint density at radius 1 is 1.22 bits per heavy atom. The van der Waals surface area contributed by atoms with Crippen molar-refractivity contribution >= 4 is 5.91 Å². The van der Waals surface area contributed by atoms with E-state index in [0.717, 1.165) is 55.2 Å². The van der Waals surface area contributed by atoms with E-state index in [1.807, 2.05) is 29.2 Å². The average Bonchev–Trinajstić information content (AvgIpc) is 3.45. The van der Waals surface area contributed by atoms with E-state index in [-0.39, 0.29) is 18.1 Å². The minimum atomic E-state index is -0.251. The summed E-state index contributed by atoms with van der Waals surface area (Å²) in [4.78, 5) is 14.8. The third-order valence-electron chi connectivity index (χ3n) is 6.11. The number of hydrogen-bond donors (Lipinski definition) is 0. The van der Waals surface area contributed by atoms with E-state index in [0.29, 0.717) is 19.1 Å². The second-order valence-corrected chi connectivity index (χ2v) is 7.62. The van der Waals surface area contributed by atoms with Crippen LogP contribution in [0.1, 0.15) is 31.1 Å². The maximum absolute atomic E-state index is 12.8. The minimum Gasteiger partial charge on any atom is -0.496 e. The van der Waals surface area contributed by atoms with Crippen LogP contribution in [0.15, 0.2) is 24.3 Å². The Morgan fingerprint density at radius 3 is 2.93 bits per heavy atom. The van der Waals surface area contributed by atoms with Gasteiger partial charge in [-0.1, -0.05) is 12.1 Å². The Bertz CT molecular complexity index is 859. The topological polar surface area (TPSA) is 69.5 Å². The maximum Gasteiger partial charge on any atom is 0.251 e. The van der Waals surface area contributed by atoms with Crippen LogP contribution in [0.3, 0.4) is 0 Å². The summed E-state index contributed by atoms with van der Waals surface area (Å²) in [5.74, 6) is 3.22. The van der Waals surface area contributed by atoms with Crippen molar-refractivity contribution in [3.63, 3.8) is 0 Å². The molecule has 3 aliphatic rings. The first-order chi connectivity index (χ1) is 13.3. The first kappa shape index (κ1) is 16.7. The van der Waals surface area contributed by atoms with Crippen molar-refractivity contribution < 1.29 is 14.3 Å². The number of fused-ring (bicyclic) bond motifs is 3. The van der Waals surface area contributed by atoms with Gasteiger partial charge in [-0.15, -0.1) is 10.2 Å². The molecule has 7 heteroatoms. The first-order valence-corrected chi connectivity index (χ1v) is 9.74. The summed E-state index contributed by atoms with van der Waals surface area (Å²) in [7, 11) is 1.67. The smallest absolute Gasteiger partial charge is 0.251 e. The fourth-order valence-corrected chi connectivity index (χ4v) is 4.76. The predicted octanol–water partition coefficient (Wildman–Crippen LogP) is 2.08. The SMILES string of the molecule is COc1ccccc1-c1nnc2n1[C@H]1CN(C(=O)[C@@H]3CCCO3)C[C@H]1CC2. The monoisotopic (exact) mass is 368 g/mol. The zero-order chi connectivity index (χ0) is 18.4. The Balaban J connectivity index is 1.47. The van der Waals surface area contributed by atoms with Crippen molar-refractivity contribution in [3.8, 4) is 17.1 Å². The highest BCUT2D eigenvalue weighted by atomic mass is 16.5. The fourth-order valence-electron chi connectivity index (χ4n) is 4.76. The van der Waals surface area contributed by atoms with Crippen LogP contribution in [-0.2, 0) is 16.0 Å². The number of ether oxygens (including phenoxy) is 2. The molecule has 1 aromatic heterocycles. The van der Waals surface area contributed by atoms with Crippen LogP contribution >= 0.6 is 0 Å². The number of benzene rings is 1. The summed E-state index contributed by atoms with van der Waals surface area (Å²) >= 11 is 0. The lowest BCUT2D eigenvalue weighted by atomic mass is 9.93. The molecule has 0 radical (unpaired) electrons. The number of para-hydroxylation sites is 1. The second kappa shape index (κ2) is 6.64. The number of nitrogens with zero attached hydrogens (tertiary/aromatic N) is 4. The second-order valence-electron chi connectivity index (χ2n) is 7.62. The van der Waals surface area contributed by atoms with Crippen molar-refractivity contribution in [2.24, 2.45) is 5.92 Å². The van der Waals surface area contributed by atoms with Crippen LogP contribution in [0.25, 0.3) is 11.4 Å². The van der Waals surface area contributed by atoms with Crippen LogP contribution in [0, 0.1) is 5.92 Å². The van der Waals surface area contributed by atoms with Gasteiger partial charge in [0, 0.05) is 26.1 Å². The van der Waals surface area contributed by atoms with Crippen molar-refractivity contribution in [1.82, 2.24) is 19.7 Å². The lowest BCUT2D eigenvalue weighted by Crippen LogP contribution is -2.37. The summed E-state index contributed by atoms with van der Waals surface area (Å²) in [5, 5.41) is 8.93. The summed E-state index contributed by atoms with van der Waals surface area (Å²) < 4.78 is 13.4. The van der Waals surface area contributed by atoms with Gasteiger partial charge in [0.1, 0.15) is 17.7 Å². The van der Waals surface area contributed by atoms with Gasteiger partial charge in [-0.2, -0.15) is 0 Å². The highest BCUT2D eigenvalue weighted by molar-refractivity contribution is 5.81. The zero-order valence-electron chi connectivity index (χ0n) is 15.5. The Hall–Kier alpha value is -2.41. The Kier molecular flexibility index (Phi) is 4.11. The van der Waals surface area contributed by atoms with E-state index in [4.69, 9.17) is 9.47 Å². The third kappa shape index (κ3) is 2.72. The standard InChI is InChI=1S/C20H24N4O3/c1-26-16-6-3-2-5-14(16)19-22-21-18-9-8-13-11-23(12-15(13)24(18)19)20(25)17-7-4-10-27-17/h2-3,5-6,13,15,17H,4,7-12H2,1H3/t13-,15+,17+/m1/s1. The van der Waals surface area contributed by atoms with Crippen LogP contribution in [0.2, 0.25) is 0 Å². The molecule has 4 heterocycles. The Morgan fingerprint density at radius 2 is 2.11 bits per heavy atom. The predicted molar refractivity (Wildman–Crippen MR) is 98.4 cm³/mol. The molecule has 3 atom stereocenters. The van der Waals surface area contributed by atoms with Gasteiger partial charge >= 0.3 is 0 Å². The number of aryl methyl sites for hydroxylation is 1. The lowest BCUT2D eigenvalue weighted by Gasteiger charge is -2.27. The van der Waals surface area contributed by atoms with E-state index in [1.165, 1.54) is 0 Å². The number of rotatable bonds is 3. The fraction of sp³-hybridized carbons (Fsp3) is 0.550. The van der Waals surface area contributed by atoms with E-state index in [2.05, 4.69) is 14.8 Å². The van der Waals surface area contributed by atoms with Gasteiger partial charge in [0.25, 0.3) is 5.91 Å². The number of carbonyl (C=O) groups excluding carboxylic acids is 1. The molecule has 0 unspecified atom stereocenters. The molecule has 1 aromatic carbocycles. The quantitative estimate of drug-likeness (QED) is 0.830. The van der Waals surface area contributed by atoms with E-state index >= 15 is 0 Å². The summed E-state index contributed by atoms with van der Waals surface area (Å²) in [6, 6.07) is 8.12. The molecule has 5 rings (SSSR count). The van der Waals surface area contributed by atoms with Crippen LogP contribution in [0.4, 0.5) is 0 Å². The largest absolute Gasteiger partial charge is 0.496 e. The number of aromatic nitrogens is 3. The number of methoxy groups -OCH3 is 1. The van der Waals surface area contributed by atoms with Gasteiger partial charge < -0.3 is 18.9 Å². The third-order valence-corrected chi connectivity index (χ3v) is 6.11. The van der Waals surface area contributed by atoms with Gasteiger partial charge in [-0.25, -0.2) is 0 Å². The van der Waals surface area contributed by atoms with Gasteiger partial charge in [0.05, 0.1) is 18.7 Å². The normalized spacial score (nSPS) is 26.7. The summed E-state index contributed by atoms with van der Waals surface area (Å²) in [5.41, 5.74) is 0.948. The van der Waals surface area contributed by atoms with E-state index in [1.54, 1.807) is 7.11 Å². The van der Waals surface area contributed by atoms with Crippen LogP contribution in [-0.4, -0.2) is 58.5 Å².